The molecule has 0 aliphatic carbocycles. The molecular weight excluding hydrogens is 613 g/mol. The van der Waals surface area contributed by atoms with Crippen LogP contribution in [0.15, 0.2) is 121 Å². The molecule has 0 radical (unpaired) electrons. The molecule has 0 unspecified atom stereocenters. The van der Waals surface area contributed by atoms with E-state index in [0.717, 1.165) is 0 Å². The third-order valence-electron chi connectivity index (χ3n) is 10.2. The van der Waals surface area contributed by atoms with Crippen molar-refractivity contribution >= 4 is 42.5 Å². The van der Waals surface area contributed by atoms with Gasteiger partial charge in [-0.05, 0) is 89.4 Å². The molecule has 0 N–H and O–H groups in total. The summed E-state index contributed by atoms with van der Waals surface area (Å²) in [4.78, 5) is 0. The molecule has 8 rings (SSSR count). The molecule has 8 aromatic rings. The molecule has 0 spiro atoms. The molecule has 0 aliphatic rings. The average molecular weight is 656 g/mol. The second-order valence-electron chi connectivity index (χ2n) is 14.2. The van der Waals surface area contributed by atoms with Gasteiger partial charge in [-0.1, -0.05) is 119 Å². The molecule has 0 atom stereocenters. The molecule has 0 aliphatic heterocycles. The summed E-state index contributed by atoms with van der Waals surface area (Å²) in [6, 6.07) is 45.1. The van der Waals surface area contributed by atoms with E-state index in [-0.39, 0.29) is 0 Å². The van der Waals surface area contributed by atoms with Gasteiger partial charge in [0.2, 0.25) is 0 Å². The Balaban J connectivity index is 1.48. The number of hydrogen-bond donors (Lipinski definition) is 0. The Morgan fingerprint density at radius 1 is 0.592 bits per heavy atom. The van der Waals surface area contributed by atoms with Gasteiger partial charge in [-0.15, -0.1) is 11.3 Å². The smallest absolute Gasteiger partial charge is 0.225 e. The van der Waals surface area contributed by atoms with Crippen molar-refractivity contribution in [2.75, 3.05) is 0 Å². The highest BCUT2D eigenvalue weighted by Crippen LogP contribution is 2.45. The van der Waals surface area contributed by atoms with Gasteiger partial charge in [0.1, 0.15) is 5.69 Å². The zero-order valence-electron chi connectivity index (χ0n) is 29.5. The van der Waals surface area contributed by atoms with Crippen molar-refractivity contribution in [3.63, 3.8) is 0 Å². The van der Waals surface area contributed by atoms with E-state index in [1.807, 2.05) is 11.3 Å². The van der Waals surface area contributed by atoms with Gasteiger partial charge in [-0.3, -0.25) is 0 Å². The monoisotopic (exact) mass is 655 g/mol. The SMILES string of the molecule is Cc1ccc2c(c1)n(-c1c(C(C)C)cc(-c3ccccc3)cc1C(C)C)c(-c1c(C)ccc3c1sc1cc(-c4ccccc4)ccc13)[n+]2C. The van der Waals surface area contributed by atoms with E-state index in [4.69, 9.17) is 0 Å². The van der Waals surface area contributed by atoms with E-state index in [9.17, 15) is 0 Å². The fraction of sp³-hybridized carbons (Fsp3) is 0.196. The van der Waals surface area contributed by atoms with Crippen molar-refractivity contribution in [1.29, 1.82) is 0 Å². The van der Waals surface area contributed by atoms with E-state index in [2.05, 4.69) is 179 Å². The van der Waals surface area contributed by atoms with E-state index in [1.165, 1.54) is 92.8 Å². The van der Waals surface area contributed by atoms with Crippen LogP contribution in [0.4, 0.5) is 0 Å². The van der Waals surface area contributed by atoms with Crippen LogP contribution >= 0.6 is 11.3 Å². The Kier molecular flexibility index (Phi) is 7.76. The van der Waals surface area contributed by atoms with Crippen molar-refractivity contribution in [3.05, 3.63) is 144 Å². The van der Waals surface area contributed by atoms with Gasteiger partial charge in [-0.2, -0.15) is 4.57 Å². The maximum atomic E-state index is 2.61. The highest BCUT2D eigenvalue weighted by molar-refractivity contribution is 7.26. The largest absolute Gasteiger partial charge is 0.296 e. The maximum absolute atomic E-state index is 2.61. The molecule has 2 heterocycles. The second-order valence-corrected chi connectivity index (χ2v) is 15.3. The van der Waals surface area contributed by atoms with Crippen LogP contribution in [0.2, 0.25) is 0 Å². The van der Waals surface area contributed by atoms with E-state index >= 15 is 0 Å². The van der Waals surface area contributed by atoms with Crippen LogP contribution in [0, 0.1) is 13.8 Å². The van der Waals surface area contributed by atoms with Gasteiger partial charge in [0, 0.05) is 26.6 Å². The van der Waals surface area contributed by atoms with Gasteiger partial charge in [0.15, 0.2) is 11.0 Å². The summed E-state index contributed by atoms with van der Waals surface area (Å²) in [5.74, 6) is 1.89. The highest BCUT2D eigenvalue weighted by Gasteiger charge is 2.33. The standard InChI is InChI=1S/C46H43N2S/c1-28(2)38-25-35(33-16-12-9-13-17-33)26-39(29(3)4)44(38)48-41-24-30(5)18-23-40(41)47(7)46(48)43-31(6)19-21-37-36-22-20-34(27-42(36)49-45(37)43)32-14-10-8-11-15-32/h8-29H,1-7H3/q+1. The fourth-order valence-electron chi connectivity index (χ4n) is 7.62. The molecule has 49 heavy (non-hydrogen) atoms. The first-order valence-electron chi connectivity index (χ1n) is 17.5. The van der Waals surface area contributed by atoms with Crippen molar-refractivity contribution < 1.29 is 4.57 Å². The Labute approximate surface area is 293 Å². The lowest BCUT2D eigenvalue weighted by Crippen LogP contribution is -2.30. The normalized spacial score (nSPS) is 11.9. The third-order valence-corrected chi connectivity index (χ3v) is 11.4. The molecule has 3 heteroatoms. The number of rotatable bonds is 6. The average Bonchev–Trinajstić information content (AvgIpc) is 3.61. The molecule has 6 aromatic carbocycles. The minimum absolute atomic E-state index is 0.328. The van der Waals surface area contributed by atoms with Crippen LogP contribution in [0.5, 0.6) is 0 Å². The second kappa shape index (κ2) is 12.2. The molecule has 0 fully saturated rings. The van der Waals surface area contributed by atoms with Crippen molar-refractivity contribution in [1.82, 2.24) is 4.57 Å². The zero-order valence-corrected chi connectivity index (χ0v) is 30.3. The first-order chi connectivity index (χ1) is 23.7. The van der Waals surface area contributed by atoms with E-state index in [1.54, 1.807) is 0 Å². The summed E-state index contributed by atoms with van der Waals surface area (Å²) in [6.07, 6.45) is 0. The number of thiophene rings is 1. The van der Waals surface area contributed by atoms with Gasteiger partial charge in [0.25, 0.3) is 5.82 Å². The molecule has 0 saturated heterocycles. The predicted octanol–water partition coefficient (Wildman–Crippen LogP) is 12.7. The fourth-order valence-corrected chi connectivity index (χ4v) is 8.96. The maximum Gasteiger partial charge on any atom is 0.296 e. The highest BCUT2D eigenvalue weighted by atomic mass is 32.1. The lowest BCUT2D eigenvalue weighted by atomic mass is 9.88. The Morgan fingerprint density at radius 2 is 1.20 bits per heavy atom. The van der Waals surface area contributed by atoms with Gasteiger partial charge < -0.3 is 0 Å². The predicted molar refractivity (Wildman–Crippen MR) is 211 cm³/mol. The van der Waals surface area contributed by atoms with Crippen molar-refractivity contribution in [2.24, 2.45) is 7.05 Å². The molecule has 242 valence electrons. The summed E-state index contributed by atoms with van der Waals surface area (Å²) in [5.41, 5.74) is 15.5. The van der Waals surface area contributed by atoms with Crippen molar-refractivity contribution in [3.8, 4) is 39.3 Å². The van der Waals surface area contributed by atoms with Gasteiger partial charge in [0.05, 0.1) is 17.3 Å². The van der Waals surface area contributed by atoms with Crippen LogP contribution in [-0.2, 0) is 7.05 Å². The molecule has 0 saturated carbocycles. The minimum atomic E-state index is 0.328. The first-order valence-corrected chi connectivity index (χ1v) is 18.3. The van der Waals surface area contributed by atoms with E-state index in [0.29, 0.717) is 11.8 Å². The minimum Gasteiger partial charge on any atom is -0.225 e. The van der Waals surface area contributed by atoms with Crippen LogP contribution in [0.3, 0.4) is 0 Å². The zero-order chi connectivity index (χ0) is 34.0. The molecule has 2 nitrogen and oxygen atoms in total. The Morgan fingerprint density at radius 3 is 1.84 bits per heavy atom. The summed E-state index contributed by atoms with van der Waals surface area (Å²) < 4.78 is 7.72. The first kappa shape index (κ1) is 31.3. The summed E-state index contributed by atoms with van der Waals surface area (Å²) in [6.45, 7) is 13.9. The number of aromatic nitrogens is 2. The van der Waals surface area contributed by atoms with Gasteiger partial charge >= 0.3 is 0 Å². The summed E-state index contributed by atoms with van der Waals surface area (Å²) >= 11 is 1.93. The van der Waals surface area contributed by atoms with Crippen LogP contribution < -0.4 is 4.57 Å². The van der Waals surface area contributed by atoms with Crippen LogP contribution in [0.1, 0.15) is 61.8 Å². The topological polar surface area (TPSA) is 8.81 Å². The molecule has 0 bridgehead atoms. The summed E-state index contributed by atoms with van der Waals surface area (Å²) in [5, 5.41) is 2.64. The lowest BCUT2D eigenvalue weighted by molar-refractivity contribution is -0.633. The Hall–Kier alpha value is -4.99. The molecular formula is C46H43N2S+. The van der Waals surface area contributed by atoms with Crippen LogP contribution in [0.25, 0.3) is 70.5 Å². The number of fused-ring (bicyclic) bond motifs is 4. The quantitative estimate of drug-likeness (QED) is 0.158. The summed E-state index contributed by atoms with van der Waals surface area (Å²) in [7, 11) is 2.25. The molecule has 2 aromatic heterocycles. The number of benzene rings is 6. The Bertz CT molecular complexity index is 2480. The van der Waals surface area contributed by atoms with E-state index < -0.39 is 0 Å². The van der Waals surface area contributed by atoms with Crippen molar-refractivity contribution in [2.45, 2.75) is 53.4 Å². The number of nitrogens with zero attached hydrogens (tertiary/aromatic N) is 2. The number of hydrogen-bond acceptors (Lipinski definition) is 1. The molecule has 0 amide bonds. The number of imidazole rings is 1. The third kappa shape index (κ3) is 5.19. The lowest BCUT2D eigenvalue weighted by Gasteiger charge is -2.21. The van der Waals surface area contributed by atoms with Gasteiger partial charge in [-0.25, -0.2) is 4.57 Å². The number of aryl methyl sites for hydroxylation is 3. The van der Waals surface area contributed by atoms with Crippen LogP contribution in [-0.4, -0.2) is 4.57 Å².